The van der Waals surface area contributed by atoms with Crippen molar-refractivity contribution in [2.75, 3.05) is 23.9 Å². The molecule has 0 bridgehead atoms. The molecule has 1 aromatic rings. The van der Waals surface area contributed by atoms with Gasteiger partial charge in [-0.1, -0.05) is 0 Å². The van der Waals surface area contributed by atoms with Gasteiger partial charge in [0.05, 0.1) is 10.6 Å². The summed E-state index contributed by atoms with van der Waals surface area (Å²) in [4.78, 5) is 0.180. The molecule has 1 rings (SSSR count). The highest BCUT2D eigenvalue weighted by molar-refractivity contribution is 7.90. The molecule has 0 unspecified atom stereocenters. The largest absolute Gasteiger partial charge is 0.384 e. The molecule has 8 heteroatoms. The third-order valence-corrected chi connectivity index (χ3v) is 4.98. The van der Waals surface area contributed by atoms with Crippen molar-refractivity contribution in [2.45, 2.75) is 24.8 Å². The molecule has 0 radical (unpaired) electrons. The van der Waals surface area contributed by atoms with Crippen LogP contribution in [0.3, 0.4) is 0 Å². The average molecular weight is 320 g/mol. The first-order valence-corrected chi connectivity index (χ1v) is 9.68. The Bertz CT molecular complexity index is 635. The quantitative estimate of drug-likeness (QED) is 0.776. The Morgan fingerprint density at radius 3 is 2.05 bits per heavy atom. The maximum atomic E-state index is 11.9. The lowest BCUT2D eigenvalue weighted by Crippen LogP contribution is -2.30. The van der Waals surface area contributed by atoms with Gasteiger partial charge in [0, 0.05) is 24.5 Å². The Hall–Kier alpha value is -1.12. The summed E-state index contributed by atoms with van der Waals surface area (Å²) in [5.41, 5.74) is 0.678. The summed E-state index contributed by atoms with van der Waals surface area (Å²) in [5, 5.41) is 2.93. The Kier molecular flexibility index (Phi) is 5.55. The van der Waals surface area contributed by atoms with E-state index in [1.165, 1.54) is 18.4 Å². The fourth-order valence-corrected chi connectivity index (χ4v) is 3.23. The van der Waals surface area contributed by atoms with Gasteiger partial charge in [0.2, 0.25) is 10.0 Å². The third-order valence-electron chi connectivity index (χ3n) is 2.36. The monoisotopic (exact) mass is 320 g/mol. The first-order chi connectivity index (χ1) is 9.10. The number of hydrogen-bond donors (Lipinski definition) is 2. The zero-order valence-electron chi connectivity index (χ0n) is 11.8. The molecule has 0 spiro atoms. The molecule has 0 saturated carbocycles. The van der Waals surface area contributed by atoms with Crippen LogP contribution in [0.25, 0.3) is 0 Å². The highest BCUT2D eigenvalue weighted by Crippen LogP contribution is 2.14. The van der Waals surface area contributed by atoms with Gasteiger partial charge in [-0.25, -0.2) is 21.6 Å². The lowest BCUT2D eigenvalue weighted by atomic mass is 10.3. The van der Waals surface area contributed by atoms with Crippen LogP contribution in [0.4, 0.5) is 5.69 Å². The zero-order chi connectivity index (χ0) is 15.4. The molecular formula is C12H20N2O4S2. The second-order valence-corrected chi connectivity index (χ2v) is 8.83. The average Bonchev–Trinajstić information content (AvgIpc) is 2.26. The number of anilines is 1. The molecule has 20 heavy (non-hydrogen) atoms. The summed E-state index contributed by atoms with van der Waals surface area (Å²) in [5.74, 6) is 0.0297. The van der Waals surface area contributed by atoms with Gasteiger partial charge in [0.25, 0.3) is 0 Å². The van der Waals surface area contributed by atoms with Crippen molar-refractivity contribution in [1.29, 1.82) is 0 Å². The highest BCUT2D eigenvalue weighted by Gasteiger charge is 2.14. The molecule has 0 aliphatic heterocycles. The number of rotatable bonds is 7. The van der Waals surface area contributed by atoms with E-state index >= 15 is 0 Å². The van der Waals surface area contributed by atoms with Gasteiger partial charge >= 0.3 is 0 Å². The second kappa shape index (κ2) is 6.55. The summed E-state index contributed by atoms with van der Waals surface area (Å²) in [7, 11) is -6.50. The summed E-state index contributed by atoms with van der Waals surface area (Å²) < 4.78 is 48.2. The van der Waals surface area contributed by atoms with Gasteiger partial charge in [-0.2, -0.15) is 0 Å². The lowest BCUT2D eigenvalue weighted by molar-refractivity contribution is 0.570. The highest BCUT2D eigenvalue weighted by atomic mass is 32.2. The van der Waals surface area contributed by atoms with Crippen molar-refractivity contribution in [3.05, 3.63) is 24.3 Å². The van der Waals surface area contributed by atoms with Gasteiger partial charge in [-0.15, -0.1) is 0 Å². The van der Waals surface area contributed by atoms with Gasteiger partial charge in [0.1, 0.15) is 9.84 Å². The van der Waals surface area contributed by atoms with E-state index in [1.807, 2.05) is 0 Å². The number of hydrogen-bond acceptors (Lipinski definition) is 5. The maximum absolute atomic E-state index is 11.9. The SMILES string of the molecule is CC(C)NS(=O)(=O)c1ccc(NCCS(C)(=O)=O)cc1. The molecule has 114 valence electrons. The minimum atomic E-state index is -3.49. The Morgan fingerprint density at radius 1 is 1.05 bits per heavy atom. The first-order valence-electron chi connectivity index (χ1n) is 6.14. The van der Waals surface area contributed by atoms with Crippen LogP contribution < -0.4 is 10.0 Å². The van der Waals surface area contributed by atoms with Crippen LogP contribution in [0.1, 0.15) is 13.8 Å². The van der Waals surface area contributed by atoms with Crippen LogP contribution in [-0.2, 0) is 19.9 Å². The molecule has 0 aromatic heterocycles. The molecule has 0 heterocycles. The Morgan fingerprint density at radius 2 is 1.60 bits per heavy atom. The molecule has 0 fully saturated rings. The lowest BCUT2D eigenvalue weighted by Gasteiger charge is -2.10. The number of benzene rings is 1. The standard InChI is InChI=1S/C12H20N2O4S2/c1-10(2)14-20(17,18)12-6-4-11(5-7-12)13-8-9-19(3,15)16/h4-7,10,13-14H,8-9H2,1-3H3. The minimum Gasteiger partial charge on any atom is -0.384 e. The fraction of sp³-hybridized carbons (Fsp3) is 0.500. The topological polar surface area (TPSA) is 92.3 Å². The van der Waals surface area contributed by atoms with Crippen LogP contribution in [0.5, 0.6) is 0 Å². The van der Waals surface area contributed by atoms with E-state index in [4.69, 9.17) is 0 Å². The molecular weight excluding hydrogens is 300 g/mol. The van der Waals surface area contributed by atoms with Gasteiger partial charge in [-0.3, -0.25) is 0 Å². The zero-order valence-corrected chi connectivity index (χ0v) is 13.4. The van der Waals surface area contributed by atoms with Gasteiger partial charge in [0.15, 0.2) is 0 Å². The summed E-state index contributed by atoms with van der Waals surface area (Å²) in [6.45, 7) is 3.78. The molecule has 1 aromatic carbocycles. The molecule has 0 amide bonds. The predicted octanol–water partition coefficient (Wildman–Crippen LogP) is 0.830. The molecule has 0 aliphatic carbocycles. The van der Waals surface area contributed by atoms with E-state index in [-0.39, 0.29) is 23.2 Å². The Balaban J connectivity index is 2.70. The van der Waals surface area contributed by atoms with Crippen LogP contribution in [0, 0.1) is 0 Å². The second-order valence-electron chi connectivity index (χ2n) is 4.86. The normalized spacial score (nSPS) is 12.6. The molecule has 0 atom stereocenters. The van der Waals surface area contributed by atoms with Crippen molar-refractivity contribution in [1.82, 2.24) is 4.72 Å². The third kappa shape index (κ3) is 5.89. The van der Waals surface area contributed by atoms with E-state index in [9.17, 15) is 16.8 Å². The van der Waals surface area contributed by atoms with Crippen LogP contribution in [0.2, 0.25) is 0 Å². The first kappa shape index (κ1) is 16.9. The van der Waals surface area contributed by atoms with Crippen molar-refractivity contribution in [3.63, 3.8) is 0 Å². The predicted molar refractivity (Wildman–Crippen MR) is 80.1 cm³/mol. The minimum absolute atomic E-state index is 0.0297. The summed E-state index contributed by atoms with van der Waals surface area (Å²) in [6.07, 6.45) is 1.17. The summed E-state index contributed by atoms with van der Waals surface area (Å²) >= 11 is 0. The van der Waals surface area contributed by atoms with E-state index in [0.717, 1.165) is 0 Å². The number of nitrogens with one attached hydrogen (secondary N) is 2. The van der Waals surface area contributed by atoms with Crippen molar-refractivity contribution in [3.8, 4) is 0 Å². The molecule has 6 nitrogen and oxygen atoms in total. The number of sulfonamides is 1. The van der Waals surface area contributed by atoms with Crippen LogP contribution in [-0.4, -0.2) is 41.4 Å². The maximum Gasteiger partial charge on any atom is 0.240 e. The van der Waals surface area contributed by atoms with E-state index in [1.54, 1.807) is 26.0 Å². The molecule has 0 saturated heterocycles. The van der Waals surface area contributed by atoms with Crippen molar-refractivity contribution >= 4 is 25.5 Å². The van der Waals surface area contributed by atoms with E-state index < -0.39 is 19.9 Å². The smallest absolute Gasteiger partial charge is 0.240 e. The number of sulfone groups is 1. The van der Waals surface area contributed by atoms with Gasteiger partial charge in [-0.05, 0) is 38.1 Å². The fourth-order valence-electron chi connectivity index (χ4n) is 1.51. The van der Waals surface area contributed by atoms with Crippen molar-refractivity contribution in [2.24, 2.45) is 0 Å². The van der Waals surface area contributed by atoms with Crippen LogP contribution in [0.15, 0.2) is 29.2 Å². The van der Waals surface area contributed by atoms with E-state index in [0.29, 0.717) is 5.69 Å². The molecule has 0 aliphatic rings. The van der Waals surface area contributed by atoms with Crippen LogP contribution >= 0.6 is 0 Å². The van der Waals surface area contributed by atoms with E-state index in [2.05, 4.69) is 10.0 Å². The van der Waals surface area contributed by atoms with Crippen molar-refractivity contribution < 1.29 is 16.8 Å². The van der Waals surface area contributed by atoms with Gasteiger partial charge < -0.3 is 5.32 Å². The summed E-state index contributed by atoms with van der Waals surface area (Å²) in [6, 6.07) is 6.00. The molecule has 2 N–H and O–H groups in total. The Labute approximate surface area is 120 Å².